The first-order valence-corrected chi connectivity index (χ1v) is 6.34. The van der Waals surface area contributed by atoms with E-state index in [1.54, 1.807) is 0 Å². The van der Waals surface area contributed by atoms with Crippen molar-refractivity contribution in [1.29, 1.82) is 0 Å². The third-order valence-corrected chi connectivity index (χ3v) is 4.20. The van der Waals surface area contributed by atoms with Crippen molar-refractivity contribution in [3.63, 3.8) is 0 Å². The van der Waals surface area contributed by atoms with Gasteiger partial charge in [0.15, 0.2) is 0 Å². The highest BCUT2D eigenvalue weighted by atomic mass is 16.5. The van der Waals surface area contributed by atoms with Gasteiger partial charge in [-0.2, -0.15) is 0 Å². The summed E-state index contributed by atoms with van der Waals surface area (Å²) in [6.07, 6.45) is 3.68. The minimum atomic E-state index is -0.0355. The number of morpholine rings is 1. The van der Waals surface area contributed by atoms with E-state index in [1.165, 1.54) is 6.42 Å². The predicted molar refractivity (Wildman–Crippen MR) is 63.5 cm³/mol. The van der Waals surface area contributed by atoms with Gasteiger partial charge in [0.1, 0.15) is 0 Å². The molecule has 4 nitrogen and oxygen atoms in total. The molecule has 3 atom stereocenters. The summed E-state index contributed by atoms with van der Waals surface area (Å²) in [4.78, 5) is 2.53. The number of nitrogens with zero attached hydrogens (tertiary/aromatic N) is 1. The maximum atomic E-state index is 9.48. The molecule has 0 amide bonds. The fourth-order valence-electron chi connectivity index (χ4n) is 3.04. The van der Waals surface area contributed by atoms with Gasteiger partial charge in [-0.1, -0.05) is 0 Å². The fraction of sp³-hybridized carbons (Fsp3) is 1.00. The van der Waals surface area contributed by atoms with Crippen molar-refractivity contribution in [2.45, 2.75) is 43.9 Å². The largest absolute Gasteiger partial charge is 0.394 e. The van der Waals surface area contributed by atoms with Gasteiger partial charge in [-0.05, 0) is 33.2 Å². The summed E-state index contributed by atoms with van der Waals surface area (Å²) < 4.78 is 5.57. The summed E-state index contributed by atoms with van der Waals surface area (Å²) in [5.41, 5.74) is -0.0355. The Balaban J connectivity index is 1.92. The van der Waals surface area contributed by atoms with Crippen LogP contribution in [-0.4, -0.2) is 61.0 Å². The summed E-state index contributed by atoms with van der Waals surface area (Å²) in [6.45, 7) is 5.32. The first-order chi connectivity index (χ1) is 7.69. The molecule has 0 aromatic carbocycles. The number of hydrogen-bond donors (Lipinski definition) is 2. The van der Waals surface area contributed by atoms with Gasteiger partial charge in [0.25, 0.3) is 0 Å². The summed E-state index contributed by atoms with van der Waals surface area (Å²) in [7, 11) is 1.96. The molecule has 0 radical (unpaired) electrons. The normalized spacial score (nSPS) is 41.4. The number of ether oxygens (including phenoxy) is 1. The molecule has 0 bridgehead atoms. The fourth-order valence-corrected chi connectivity index (χ4v) is 3.04. The molecule has 94 valence electrons. The van der Waals surface area contributed by atoms with Crippen LogP contribution < -0.4 is 5.32 Å². The molecule has 2 fully saturated rings. The number of aliphatic hydroxyl groups excluding tert-OH is 1. The second-order valence-electron chi connectivity index (χ2n) is 5.26. The Morgan fingerprint density at radius 1 is 1.56 bits per heavy atom. The van der Waals surface area contributed by atoms with Crippen LogP contribution in [0.4, 0.5) is 0 Å². The van der Waals surface area contributed by atoms with E-state index in [0.29, 0.717) is 12.1 Å². The van der Waals surface area contributed by atoms with Crippen LogP contribution in [0.1, 0.15) is 26.2 Å². The first-order valence-electron chi connectivity index (χ1n) is 6.34. The summed E-state index contributed by atoms with van der Waals surface area (Å²) >= 11 is 0. The van der Waals surface area contributed by atoms with Gasteiger partial charge in [0.2, 0.25) is 0 Å². The lowest BCUT2D eigenvalue weighted by atomic mass is 9.99. The quantitative estimate of drug-likeness (QED) is 0.725. The Morgan fingerprint density at radius 3 is 2.94 bits per heavy atom. The molecule has 16 heavy (non-hydrogen) atoms. The number of rotatable bonds is 3. The maximum absolute atomic E-state index is 9.48. The molecule has 1 aliphatic heterocycles. The predicted octanol–water partition coefficient (Wildman–Crippen LogP) is 0.210. The van der Waals surface area contributed by atoms with Gasteiger partial charge >= 0.3 is 0 Å². The molecular formula is C12H24N2O2. The van der Waals surface area contributed by atoms with Gasteiger partial charge in [-0.3, -0.25) is 4.90 Å². The molecule has 0 aromatic rings. The Morgan fingerprint density at radius 2 is 2.38 bits per heavy atom. The Labute approximate surface area is 98.0 Å². The zero-order chi connectivity index (χ0) is 11.6. The lowest BCUT2D eigenvalue weighted by Crippen LogP contribution is -2.49. The second kappa shape index (κ2) is 5.00. The van der Waals surface area contributed by atoms with Crippen molar-refractivity contribution in [1.82, 2.24) is 10.2 Å². The zero-order valence-electron chi connectivity index (χ0n) is 10.4. The Hall–Kier alpha value is -0.160. The standard InChI is InChI=1S/C12H24N2O2/c1-10-8-14(5-6-16-10)11-3-4-12(7-11,9-15)13-2/h10-11,13,15H,3-9H2,1-2H3. The smallest absolute Gasteiger partial charge is 0.0674 e. The molecule has 1 aliphatic carbocycles. The number of aliphatic hydroxyl groups is 1. The van der Waals surface area contributed by atoms with Crippen LogP contribution in [0.25, 0.3) is 0 Å². The Kier molecular flexibility index (Phi) is 3.85. The molecule has 1 saturated carbocycles. The lowest BCUT2D eigenvalue weighted by molar-refractivity contribution is -0.0344. The van der Waals surface area contributed by atoms with Gasteiger partial charge in [0.05, 0.1) is 19.3 Å². The zero-order valence-corrected chi connectivity index (χ0v) is 10.4. The highest BCUT2D eigenvalue weighted by molar-refractivity contribution is 4.99. The van der Waals surface area contributed by atoms with Crippen LogP contribution in [0.3, 0.4) is 0 Å². The molecule has 2 rings (SSSR count). The van der Waals surface area contributed by atoms with Crippen LogP contribution in [-0.2, 0) is 4.74 Å². The van der Waals surface area contributed by atoms with Crippen molar-refractivity contribution in [3.05, 3.63) is 0 Å². The van der Waals surface area contributed by atoms with Gasteiger partial charge in [-0.25, -0.2) is 0 Å². The molecule has 0 aromatic heterocycles. The van der Waals surface area contributed by atoms with Crippen molar-refractivity contribution >= 4 is 0 Å². The van der Waals surface area contributed by atoms with E-state index >= 15 is 0 Å². The van der Waals surface area contributed by atoms with E-state index in [-0.39, 0.29) is 12.1 Å². The van der Waals surface area contributed by atoms with Gasteiger partial charge < -0.3 is 15.2 Å². The maximum Gasteiger partial charge on any atom is 0.0674 e. The monoisotopic (exact) mass is 228 g/mol. The van der Waals surface area contributed by atoms with Crippen LogP contribution in [0.5, 0.6) is 0 Å². The minimum Gasteiger partial charge on any atom is -0.394 e. The van der Waals surface area contributed by atoms with Crippen LogP contribution >= 0.6 is 0 Å². The lowest BCUT2D eigenvalue weighted by Gasteiger charge is -2.36. The van der Waals surface area contributed by atoms with E-state index in [1.807, 2.05) is 7.05 Å². The molecule has 1 saturated heterocycles. The molecule has 4 heteroatoms. The van der Waals surface area contributed by atoms with E-state index in [4.69, 9.17) is 4.74 Å². The molecule has 1 heterocycles. The average Bonchev–Trinajstić information content (AvgIpc) is 2.74. The van der Waals surface area contributed by atoms with Crippen molar-refractivity contribution in [2.75, 3.05) is 33.4 Å². The number of likely N-dealkylation sites (N-methyl/N-ethyl adjacent to an activating group) is 1. The van der Waals surface area contributed by atoms with Crippen molar-refractivity contribution in [2.24, 2.45) is 0 Å². The third kappa shape index (κ3) is 2.40. The first kappa shape index (κ1) is 12.3. The van der Waals surface area contributed by atoms with Crippen LogP contribution in [0.2, 0.25) is 0 Å². The average molecular weight is 228 g/mol. The minimum absolute atomic E-state index is 0.0355. The topological polar surface area (TPSA) is 44.7 Å². The number of hydrogen-bond acceptors (Lipinski definition) is 4. The van der Waals surface area contributed by atoms with E-state index in [2.05, 4.69) is 17.1 Å². The SMILES string of the molecule is CNC1(CO)CCC(N2CCOC(C)C2)C1. The third-order valence-electron chi connectivity index (χ3n) is 4.20. The van der Waals surface area contributed by atoms with Crippen LogP contribution in [0.15, 0.2) is 0 Å². The molecular weight excluding hydrogens is 204 g/mol. The molecule has 2 aliphatic rings. The number of nitrogens with one attached hydrogen (secondary N) is 1. The summed E-state index contributed by atoms with van der Waals surface area (Å²) in [5, 5.41) is 12.8. The molecule has 0 spiro atoms. The van der Waals surface area contributed by atoms with Crippen LogP contribution in [0, 0.1) is 0 Å². The second-order valence-corrected chi connectivity index (χ2v) is 5.26. The van der Waals surface area contributed by atoms with Crippen molar-refractivity contribution < 1.29 is 9.84 Å². The molecule has 2 N–H and O–H groups in total. The Bertz CT molecular complexity index is 231. The van der Waals surface area contributed by atoms with Crippen molar-refractivity contribution in [3.8, 4) is 0 Å². The molecule has 3 unspecified atom stereocenters. The van der Waals surface area contributed by atoms with Gasteiger partial charge in [-0.15, -0.1) is 0 Å². The van der Waals surface area contributed by atoms with Gasteiger partial charge in [0, 0.05) is 24.7 Å². The van der Waals surface area contributed by atoms with E-state index in [0.717, 1.165) is 32.5 Å². The summed E-state index contributed by atoms with van der Waals surface area (Å²) in [5.74, 6) is 0. The highest BCUT2D eigenvalue weighted by Crippen LogP contribution is 2.33. The summed E-state index contributed by atoms with van der Waals surface area (Å²) in [6, 6.07) is 0.617. The highest BCUT2D eigenvalue weighted by Gasteiger charge is 2.40. The van der Waals surface area contributed by atoms with E-state index in [9.17, 15) is 5.11 Å². The van der Waals surface area contributed by atoms with E-state index < -0.39 is 0 Å².